The molecule has 0 aromatic heterocycles. The van der Waals surface area contributed by atoms with Crippen molar-refractivity contribution in [3.05, 3.63) is 29.8 Å². The van der Waals surface area contributed by atoms with E-state index in [1.54, 1.807) is 4.31 Å². The Morgan fingerprint density at radius 1 is 1.39 bits per heavy atom. The van der Waals surface area contributed by atoms with Crippen LogP contribution < -0.4 is 5.32 Å². The third-order valence-electron chi connectivity index (χ3n) is 3.01. The van der Waals surface area contributed by atoms with Gasteiger partial charge in [0.1, 0.15) is 5.82 Å². The Balaban J connectivity index is 2.27. The number of nitrogens with zero attached hydrogens (tertiary/aromatic N) is 1. The standard InChI is InChI=1S/C12H16F2N2OS/c1-12(2)8-15-5-6-16(12)18(17)11-4-3-9(13)7-10(11)14/h3-4,7,15H,5-6,8H2,1-2H3. The van der Waals surface area contributed by atoms with Crippen LogP contribution in [0.5, 0.6) is 0 Å². The van der Waals surface area contributed by atoms with Gasteiger partial charge >= 0.3 is 0 Å². The highest BCUT2D eigenvalue weighted by molar-refractivity contribution is 7.89. The highest BCUT2D eigenvalue weighted by Crippen LogP contribution is 2.27. The molecule has 0 radical (unpaired) electrons. The van der Waals surface area contributed by atoms with Gasteiger partial charge in [-0.05, 0) is 19.9 Å². The lowest BCUT2D eigenvalue weighted by atomic mass is 10.0. The molecule has 2 rings (SSSR count). The van der Waals surface area contributed by atoms with E-state index < -0.39 is 23.0 Å². The molecule has 1 unspecified atom stereocenters. The highest BCUT2D eigenvalue weighted by Gasteiger charge is 2.40. The molecule has 0 bridgehead atoms. The van der Waals surface area contributed by atoms with Crippen molar-refractivity contribution in [2.24, 2.45) is 0 Å². The predicted octanol–water partition coefficient (Wildman–Crippen LogP) is 1.67. The van der Waals surface area contributed by atoms with Crippen molar-refractivity contribution in [1.82, 2.24) is 9.62 Å². The minimum Gasteiger partial charge on any atom is -0.593 e. The fourth-order valence-electron chi connectivity index (χ4n) is 2.01. The van der Waals surface area contributed by atoms with Gasteiger partial charge in [-0.1, -0.05) is 0 Å². The van der Waals surface area contributed by atoms with Gasteiger partial charge in [0.2, 0.25) is 4.90 Å². The largest absolute Gasteiger partial charge is 0.593 e. The fraction of sp³-hybridized carbons (Fsp3) is 0.500. The Morgan fingerprint density at radius 3 is 2.72 bits per heavy atom. The number of hydrogen-bond donors (Lipinski definition) is 1. The van der Waals surface area contributed by atoms with Crippen LogP contribution in [0.25, 0.3) is 0 Å². The number of rotatable bonds is 2. The quantitative estimate of drug-likeness (QED) is 0.834. The van der Waals surface area contributed by atoms with Gasteiger partial charge < -0.3 is 9.87 Å². The van der Waals surface area contributed by atoms with E-state index in [-0.39, 0.29) is 10.4 Å². The van der Waals surface area contributed by atoms with Crippen LogP contribution >= 0.6 is 0 Å². The SMILES string of the molecule is CC1(C)CNCCN1[S+]([O-])c1ccc(F)cc1F. The van der Waals surface area contributed by atoms with E-state index in [0.29, 0.717) is 19.6 Å². The molecular formula is C12H16F2N2OS. The molecule has 1 saturated heterocycles. The molecule has 1 heterocycles. The summed E-state index contributed by atoms with van der Waals surface area (Å²) in [6.07, 6.45) is 0. The van der Waals surface area contributed by atoms with Crippen LogP contribution in [-0.2, 0) is 11.4 Å². The molecular weight excluding hydrogens is 258 g/mol. The van der Waals surface area contributed by atoms with Crippen LogP contribution in [0.3, 0.4) is 0 Å². The zero-order valence-electron chi connectivity index (χ0n) is 10.4. The van der Waals surface area contributed by atoms with Crippen molar-refractivity contribution in [2.45, 2.75) is 24.3 Å². The van der Waals surface area contributed by atoms with Crippen LogP contribution in [0.4, 0.5) is 8.78 Å². The summed E-state index contributed by atoms with van der Waals surface area (Å²) in [5, 5.41) is 3.21. The second kappa shape index (κ2) is 5.13. The van der Waals surface area contributed by atoms with Crippen LogP contribution in [0, 0.1) is 11.6 Å². The summed E-state index contributed by atoms with van der Waals surface area (Å²) < 4.78 is 40.6. The first kappa shape index (κ1) is 13.7. The molecule has 100 valence electrons. The topological polar surface area (TPSA) is 38.3 Å². The number of halogens is 2. The van der Waals surface area contributed by atoms with E-state index in [0.717, 1.165) is 12.1 Å². The average molecular weight is 274 g/mol. The van der Waals surface area contributed by atoms with Gasteiger partial charge in [0.05, 0.1) is 23.4 Å². The van der Waals surface area contributed by atoms with E-state index in [1.165, 1.54) is 6.07 Å². The fourth-order valence-corrected chi connectivity index (χ4v) is 3.43. The first-order chi connectivity index (χ1) is 8.42. The molecule has 1 fully saturated rings. The number of benzene rings is 1. The van der Waals surface area contributed by atoms with Crippen molar-refractivity contribution >= 4 is 11.4 Å². The van der Waals surface area contributed by atoms with E-state index in [4.69, 9.17) is 0 Å². The monoisotopic (exact) mass is 274 g/mol. The summed E-state index contributed by atoms with van der Waals surface area (Å²) in [6, 6.07) is 3.15. The second-order valence-corrected chi connectivity index (χ2v) is 6.29. The molecule has 3 nitrogen and oxygen atoms in total. The Labute approximate surface area is 108 Å². The van der Waals surface area contributed by atoms with Crippen LogP contribution in [0.2, 0.25) is 0 Å². The average Bonchev–Trinajstić information content (AvgIpc) is 2.27. The van der Waals surface area contributed by atoms with Gasteiger partial charge in [-0.2, -0.15) is 0 Å². The molecule has 1 aliphatic heterocycles. The molecule has 0 spiro atoms. The molecule has 1 N–H and O–H groups in total. The number of piperazine rings is 1. The molecule has 1 aliphatic rings. The van der Waals surface area contributed by atoms with Gasteiger partial charge in [0.15, 0.2) is 5.82 Å². The van der Waals surface area contributed by atoms with Gasteiger partial charge in [-0.25, -0.2) is 8.78 Å². The third kappa shape index (κ3) is 2.66. The maximum Gasteiger partial charge on any atom is 0.209 e. The predicted molar refractivity (Wildman–Crippen MR) is 66.4 cm³/mol. The molecule has 18 heavy (non-hydrogen) atoms. The van der Waals surface area contributed by atoms with Gasteiger partial charge in [-0.15, -0.1) is 4.31 Å². The van der Waals surface area contributed by atoms with E-state index in [1.807, 2.05) is 13.8 Å². The van der Waals surface area contributed by atoms with Gasteiger partial charge in [-0.3, -0.25) is 0 Å². The van der Waals surface area contributed by atoms with Crippen LogP contribution in [0.1, 0.15) is 13.8 Å². The minimum atomic E-state index is -1.61. The summed E-state index contributed by atoms with van der Waals surface area (Å²) in [5.41, 5.74) is -0.329. The molecule has 0 amide bonds. The van der Waals surface area contributed by atoms with E-state index in [9.17, 15) is 13.3 Å². The summed E-state index contributed by atoms with van der Waals surface area (Å²) in [6.45, 7) is 5.84. The Hall–Kier alpha value is -0.690. The van der Waals surface area contributed by atoms with E-state index >= 15 is 0 Å². The molecule has 1 aromatic rings. The smallest absolute Gasteiger partial charge is 0.209 e. The van der Waals surface area contributed by atoms with Crippen LogP contribution in [0.15, 0.2) is 23.1 Å². The summed E-state index contributed by atoms with van der Waals surface area (Å²) in [7, 11) is 0. The lowest BCUT2D eigenvalue weighted by Gasteiger charge is -2.40. The second-order valence-electron chi connectivity index (χ2n) is 4.92. The number of nitrogens with one attached hydrogen (secondary N) is 1. The molecule has 1 atom stereocenters. The molecule has 0 aliphatic carbocycles. The van der Waals surface area contributed by atoms with Crippen molar-refractivity contribution in [2.75, 3.05) is 19.6 Å². The maximum absolute atomic E-state index is 13.6. The molecule has 6 heteroatoms. The highest BCUT2D eigenvalue weighted by atomic mass is 32.2. The van der Waals surface area contributed by atoms with Gasteiger partial charge in [0.25, 0.3) is 0 Å². The van der Waals surface area contributed by atoms with Crippen molar-refractivity contribution in [3.63, 3.8) is 0 Å². The first-order valence-electron chi connectivity index (χ1n) is 5.77. The summed E-state index contributed by atoms with van der Waals surface area (Å²) >= 11 is -1.61. The lowest BCUT2D eigenvalue weighted by molar-refractivity contribution is 0.185. The molecule has 0 saturated carbocycles. The van der Waals surface area contributed by atoms with E-state index in [2.05, 4.69) is 5.32 Å². The lowest BCUT2D eigenvalue weighted by Crippen LogP contribution is -2.59. The van der Waals surface area contributed by atoms with Crippen molar-refractivity contribution < 1.29 is 13.3 Å². The summed E-state index contributed by atoms with van der Waals surface area (Å²) in [4.78, 5) is 0.0337. The normalized spacial score (nSPS) is 21.8. The third-order valence-corrected chi connectivity index (χ3v) is 4.79. The van der Waals surface area contributed by atoms with Crippen molar-refractivity contribution in [1.29, 1.82) is 0 Å². The van der Waals surface area contributed by atoms with Gasteiger partial charge in [0, 0.05) is 25.2 Å². The zero-order chi connectivity index (χ0) is 13.3. The Kier molecular flexibility index (Phi) is 3.91. The number of hydrogen-bond acceptors (Lipinski definition) is 3. The Bertz CT molecular complexity index is 442. The molecule has 1 aromatic carbocycles. The summed E-state index contributed by atoms with van der Waals surface area (Å²) in [5.74, 6) is -1.42. The Morgan fingerprint density at radius 2 is 2.11 bits per heavy atom. The van der Waals surface area contributed by atoms with Crippen molar-refractivity contribution in [3.8, 4) is 0 Å². The zero-order valence-corrected chi connectivity index (χ0v) is 11.2. The maximum atomic E-state index is 13.6. The van der Waals surface area contributed by atoms with Crippen LogP contribution in [-0.4, -0.2) is 34.0 Å². The first-order valence-corrected chi connectivity index (χ1v) is 6.88. The minimum absolute atomic E-state index is 0.0337.